The number of carbonyl (C=O) groups is 1. The van der Waals surface area contributed by atoms with Crippen molar-refractivity contribution in [2.45, 2.75) is 19.3 Å². The van der Waals surface area contributed by atoms with Crippen molar-refractivity contribution in [1.29, 1.82) is 0 Å². The van der Waals surface area contributed by atoms with Gasteiger partial charge < -0.3 is 4.74 Å². The second-order valence-corrected chi connectivity index (χ2v) is 4.85. The SMILES string of the molecule is COC(=O)N1CC(C)(C)c2cscc21. The number of thiophene rings is 1. The molecule has 0 unspecified atom stereocenters. The van der Waals surface area contributed by atoms with E-state index in [1.54, 1.807) is 16.2 Å². The number of carbonyl (C=O) groups excluding carboxylic acids is 1. The number of hydrogen-bond acceptors (Lipinski definition) is 3. The highest BCUT2D eigenvalue weighted by molar-refractivity contribution is 7.08. The molecule has 1 aliphatic heterocycles. The number of amides is 1. The first kappa shape index (κ1) is 9.52. The van der Waals surface area contributed by atoms with Gasteiger partial charge in [-0.05, 0) is 10.9 Å². The molecule has 2 rings (SSSR count). The summed E-state index contributed by atoms with van der Waals surface area (Å²) in [4.78, 5) is 13.2. The smallest absolute Gasteiger partial charge is 0.414 e. The summed E-state index contributed by atoms with van der Waals surface area (Å²) in [7, 11) is 1.42. The molecule has 1 aromatic rings. The van der Waals surface area contributed by atoms with Gasteiger partial charge in [0.05, 0.1) is 12.8 Å². The molecule has 0 saturated carbocycles. The van der Waals surface area contributed by atoms with Gasteiger partial charge in [0.15, 0.2) is 0 Å². The summed E-state index contributed by atoms with van der Waals surface area (Å²) >= 11 is 1.63. The first-order chi connectivity index (χ1) is 6.56. The molecule has 1 aromatic heterocycles. The lowest BCUT2D eigenvalue weighted by Crippen LogP contribution is -2.33. The molecule has 0 aromatic carbocycles. The van der Waals surface area contributed by atoms with Crippen molar-refractivity contribution in [2.24, 2.45) is 0 Å². The van der Waals surface area contributed by atoms with Crippen LogP contribution in [-0.2, 0) is 10.2 Å². The highest BCUT2D eigenvalue weighted by Gasteiger charge is 2.39. The highest BCUT2D eigenvalue weighted by atomic mass is 32.1. The van der Waals surface area contributed by atoms with Crippen LogP contribution < -0.4 is 4.90 Å². The fourth-order valence-electron chi connectivity index (χ4n) is 1.84. The van der Waals surface area contributed by atoms with Gasteiger partial charge in [-0.25, -0.2) is 4.79 Å². The molecule has 0 aliphatic carbocycles. The lowest BCUT2D eigenvalue weighted by atomic mass is 9.89. The van der Waals surface area contributed by atoms with Crippen LogP contribution >= 0.6 is 11.3 Å². The molecule has 1 aliphatic rings. The molecule has 4 heteroatoms. The van der Waals surface area contributed by atoms with E-state index in [1.807, 2.05) is 5.38 Å². The van der Waals surface area contributed by atoms with Crippen molar-refractivity contribution < 1.29 is 9.53 Å². The first-order valence-electron chi connectivity index (χ1n) is 4.48. The number of anilines is 1. The summed E-state index contributed by atoms with van der Waals surface area (Å²) in [6.45, 7) is 4.99. The van der Waals surface area contributed by atoms with Gasteiger partial charge in [0.1, 0.15) is 0 Å². The maximum absolute atomic E-state index is 11.5. The zero-order chi connectivity index (χ0) is 10.3. The standard InChI is InChI=1S/C10H13NO2S/c1-10(2)6-11(9(12)13-3)8-5-14-4-7(8)10/h4-5H,6H2,1-3H3. The van der Waals surface area contributed by atoms with Gasteiger partial charge in [-0.1, -0.05) is 13.8 Å². The van der Waals surface area contributed by atoms with E-state index in [9.17, 15) is 4.79 Å². The summed E-state index contributed by atoms with van der Waals surface area (Å²) in [5.41, 5.74) is 2.29. The van der Waals surface area contributed by atoms with E-state index in [-0.39, 0.29) is 11.5 Å². The lowest BCUT2D eigenvalue weighted by Gasteiger charge is -2.19. The van der Waals surface area contributed by atoms with Crippen molar-refractivity contribution in [2.75, 3.05) is 18.6 Å². The third-order valence-electron chi connectivity index (χ3n) is 2.61. The van der Waals surface area contributed by atoms with E-state index in [0.717, 1.165) is 5.69 Å². The molecule has 2 heterocycles. The average Bonchev–Trinajstić information content (AvgIpc) is 2.68. The van der Waals surface area contributed by atoms with Crippen LogP contribution in [0.4, 0.5) is 10.5 Å². The Bertz CT molecular complexity index is 370. The average molecular weight is 211 g/mol. The fourth-order valence-corrected chi connectivity index (χ4v) is 2.87. The van der Waals surface area contributed by atoms with Crippen LogP contribution in [0.15, 0.2) is 10.8 Å². The summed E-state index contributed by atoms with van der Waals surface area (Å²) in [6.07, 6.45) is -0.268. The van der Waals surface area contributed by atoms with E-state index >= 15 is 0 Å². The summed E-state index contributed by atoms with van der Waals surface area (Å²) in [5.74, 6) is 0. The Hall–Kier alpha value is -1.03. The summed E-state index contributed by atoms with van der Waals surface area (Å²) < 4.78 is 4.75. The predicted molar refractivity (Wildman–Crippen MR) is 57.1 cm³/mol. The van der Waals surface area contributed by atoms with Crippen molar-refractivity contribution in [3.8, 4) is 0 Å². The van der Waals surface area contributed by atoms with E-state index in [4.69, 9.17) is 4.74 Å². The van der Waals surface area contributed by atoms with Gasteiger partial charge in [-0.15, -0.1) is 11.3 Å². The zero-order valence-electron chi connectivity index (χ0n) is 8.53. The molecule has 0 saturated heterocycles. The van der Waals surface area contributed by atoms with Crippen LogP contribution in [-0.4, -0.2) is 19.7 Å². The Morgan fingerprint density at radius 1 is 1.57 bits per heavy atom. The minimum absolute atomic E-state index is 0.0452. The Kier molecular flexibility index (Phi) is 2.03. The van der Waals surface area contributed by atoms with Gasteiger partial charge in [-0.2, -0.15) is 0 Å². The van der Waals surface area contributed by atoms with Crippen molar-refractivity contribution in [1.82, 2.24) is 0 Å². The number of methoxy groups -OCH3 is 1. The first-order valence-corrected chi connectivity index (χ1v) is 5.43. The molecule has 0 N–H and O–H groups in total. The Morgan fingerprint density at radius 2 is 2.29 bits per heavy atom. The molecule has 0 radical (unpaired) electrons. The molecule has 76 valence electrons. The highest BCUT2D eigenvalue weighted by Crippen LogP contribution is 2.42. The Balaban J connectivity index is 2.41. The van der Waals surface area contributed by atoms with Crippen LogP contribution in [0.25, 0.3) is 0 Å². The van der Waals surface area contributed by atoms with E-state index in [0.29, 0.717) is 6.54 Å². The maximum atomic E-state index is 11.5. The second kappa shape index (κ2) is 2.98. The minimum Gasteiger partial charge on any atom is -0.452 e. The quantitative estimate of drug-likeness (QED) is 0.660. The molecule has 0 fully saturated rings. The number of fused-ring (bicyclic) bond motifs is 1. The monoisotopic (exact) mass is 211 g/mol. The van der Waals surface area contributed by atoms with E-state index < -0.39 is 0 Å². The molecule has 1 amide bonds. The second-order valence-electron chi connectivity index (χ2n) is 4.11. The topological polar surface area (TPSA) is 29.5 Å². The zero-order valence-corrected chi connectivity index (χ0v) is 9.35. The van der Waals surface area contributed by atoms with Crippen LogP contribution in [0.3, 0.4) is 0 Å². The minimum atomic E-state index is -0.268. The Labute approximate surface area is 87.3 Å². The molecular weight excluding hydrogens is 198 g/mol. The van der Waals surface area contributed by atoms with Crippen LogP contribution in [0.1, 0.15) is 19.4 Å². The number of hydrogen-bond donors (Lipinski definition) is 0. The molecule has 0 spiro atoms. The third kappa shape index (κ3) is 1.21. The van der Waals surface area contributed by atoms with E-state index in [1.165, 1.54) is 12.7 Å². The molecule has 0 atom stereocenters. The normalized spacial score (nSPS) is 18.1. The maximum Gasteiger partial charge on any atom is 0.414 e. The molecule has 0 bridgehead atoms. The number of ether oxygens (including phenoxy) is 1. The van der Waals surface area contributed by atoms with Crippen molar-refractivity contribution >= 4 is 23.1 Å². The largest absolute Gasteiger partial charge is 0.452 e. The lowest BCUT2D eigenvalue weighted by molar-refractivity contribution is 0.178. The van der Waals surface area contributed by atoms with Gasteiger partial charge in [0.2, 0.25) is 0 Å². The number of nitrogens with zero attached hydrogens (tertiary/aromatic N) is 1. The Morgan fingerprint density at radius 3 is 2.93 bits per heavy atom. The van der Waals surface area contributed by atoms with Crippen LogP contribution in [0, 0.1) is 0 Å². The van der Waals surface area contributed by atoms with Gasteiger partial charge in [-0.3, -0.25) is 4.90 Å². The van der Waals surface area contributed by atoms with Gasteiger partial charge >= 0.3 is 6.09 Å². The predicted octanol–water partition coefficient (Wildman–Crippen LogP) is 2.61. The summed E-state index contributed by atoms with van der Waals surface area (Å²) in [5, 5.41) is 4.11. The van der Waals surface area contributed by atoms with Gasteiger partial charge in [0, 0.05) is 17.3 Å². The molecular formula is C10H13NO2S. The fraction of sp³-hybridized carbons (Fsp3) is 0.500. The van der Waals surface area contributed by atoms with Crippen molar-refractivity contribution in [3.63, 3.8) is 0 Å². The van der Waals surface area contributed by atoms with E-state index in [2.05, 4.69) is 19.2 Å². The van der Waals surface area contributed by atoms with Crippen molar-refractivity contribution in [3.05, 3.63) is 16.3 Å². The molecule has 14 heavy (non-hydrogen) atoms. The third-order valence-corrected chi connectivity index (χ3v) is 3.34. The van der Waals surface area contributed by atoms with Gasteiger partial charge in [0.25, 0.3) is 0 Å². The summed E-state index contributed by atoms with van der Waals surface area (Å²) in [6, 6.07) is 0. The van der Waals surface area contributed by atoms with Crippen LogP contribution in [0.2, 0.25) is 0 Å². The van der Waals surface area contributed by atoms with Crippen LogP contribution in [0.5, 0.6) is 0 Å². The molecule has 3 nitrogen and oxygen atoms in total. The number of rotatable bonds is 0.